The van der Waals surface area contributed by atoms with Crippen molar-refractivity contribution in [1.29, 1.82) is 0 Å². The number of hydrogen-bond donors (Lipinski definition) is 6. The van der Waals surface area contributed by atoms with Crippen LogP contribution in [0.1, 0.15) is 11.5 Å². The zero-order chi connectivity index (χ0) is 19.7. The summed E-state index contributed by atoms with van der Waals surface area (Å²) in [6, 6.07) is 5.78. The molecule has 1 amide bonds. The molecule has 0 radical (unpaired) electrons. The van der Waals surface area contributed by atoms with E-state index in [1.807, 2.05) is 4.72 Å². The summed E-state index contributed by atoms with van der Waals surface area (Å²) in [5.41, 5.74) is 9.42. The quantitative estimate of drug-likeness (QED) is 0.254. The number of carboxylic acid groups (broad SMARTS) is 1. The Labute approximate surface area is 149 Å². The number of nitrogens with one attached hydrogen (secondary N) is 1. The third-order valence-corrected chi connectivity index (χ3v) is 5.69. The number of aliphatic carboxylic acids is 1. The number of amides is 1. The lowest BCUT2D eigenvalue weighted by atomic mass is 9.76. The molecular weight excluding hydrogens is 367 g/mol. The van der Waals surface area contributed by atoms with Crippen LogP contribution in [-0.2, 0) is 19.8 Å². The van der Waals surface area contributed by atoms with Gasteiger partial charge < -0.3 is 26.6 Å². The maximum Gasteiger partial charge on any atom is 0.488 e. The Hall–Kier alpha value is -2.03. The number of carbonyl (C=O) groups is 2. The Kier molecular flexibility index (Phi) is 5.70. The van der Waals surface area contributed by atoms with E-state index in [0.717, 1.165) is 4.31 Å². The maximum atomic E-state index is 12.3. The van der Waals surface area contributed by atoms with Gasteiger partial charge in [0.05, 0.1) is 6.54 Å². The van der Waals surface area contributed by atoms with Gasteiger partial charge in [0.2, 0.25) is 5.91 Å². The molecule has 0 aromatic heterocycles. The molecule has 0 saturated carbocycles. The number of rotatable bonds is 7. The van der Waals surface area contributed by atoms with E-state index >= 15 is 0 Å². The molecule has 8 N–H and O–H groups in total. The van der Waals surface area contributed by atoms with Gasteiger partial charge in [0.15, 0.2) is 0 Å². The molecule has 0 aliphatic carbocycles. The molecule has 2 unspecified atom stereocenters. The monoisotopic (exact) mass is 386 g/mol. The summed E-state index contributed by atoms with van der Waals surface area (Å²) in [5.74, 6) is -3.26. The fourth-order valence-electron chi connectivity index (χ4n) is 2.83. The Morgan fingerprint density at radius 2 is 2.04 bits per heavy atom. The number of primary amides is 1. The molecule has 26 heavy (non-hydrogen) atoms. The van der Waals surface area contributed by atoms with E-state index in [1.165, 1.54) is 24.3 Å². The first-order chi connectivity index (χ1) is 12.0. The van der Waals surface area contributed by atoms with Crippen molar-refractivity contribution in [3.8, 4) is 0 Å². The van der Waals surface area contributed by atoms with Crippen LogP contribution >= 0.6 is 0 Å². The summed E-state index contributed by atoms with van der Waals surface area (Å²) in [6.45, 7) is -1.45. The van der Waals surface area contributed by atoms with Gasteiger partial charge in [-0.15, -0.1) is 0 Å². The number of carbonyl (C=O) groups excluding carboxylic acids is 1. The molecule has 1 aromatic rings. The van der Waals surface area contributed by atoms with E-state index in [0.29, 0.717) is 5.56 Å². The summed E-state index contributed by atoms with van der Waals surface area (Å²) in [5, 5.41) is 28.1. The van der Waals surface area contributed by atoms with Crippen LogP contribution in [0.25, 0.3) is 0 Å². The van der Waals surface area contributed by atoms with E-state index < -0.39 is 53.8 Å². The average Bonchev–Trinajstić information content (AvgIpc) is 2.93. The fraction of sp³-hybridized carbons (Fsp3) is 0.385. The third kappa shape index (κ3) is 4.03. The second kappa shape index (κ2) is 7.30. The third-order valence-electron chi connectivity index (χ3n) is 4.22. The van der Waals surface area contributed by atoms with E-state index in [-0.39, 0.29) is 12.0 Å². The zero-order valence-electron chi connectivity index (χ0n) is 13.6. The Bertz CT molecular complexity index is 818. The summed E-state index contributed by atoms with van der Waals surface area (Å²) in [4.78, 5) is 22.5. The molecule has 142 valence electrons. The van der Waals surface area contributed by atoms with E-state index in [4.69, 9.17) is 11.5 Å². The summed E-state index contributed by atoms with van der Waals surface area (Å²) in [6.07, 6.45) is 0. The van der Waals surface area contributed by atoms with Crippen molar-refractivity contribution in [3.05, 3.63) is 29.8 Å². The molecule has 1 aliphatic rings. The predicted octanol–water partition coefficient (Wildman–Crippen LogP) is -4.13. The van der Waals surface area contributed by atoms with Gasteiger partial charge in [0.1, 0.15) is 5.54 Å². The molecule has 1 aromatic carbocycles. The van der Waals surface area contributed by atoms with Crippen LogP contribution < -0.4 is 21.7 Å². The Balaban J connectivity index is 2.38. The van der Waals surface area contributed by atoms with Gasteiger partial charge in [0.25, 0.3) is 10.2 Å². The maximum absolute atomic E-state index is 12.3. The van der Waals surface area contributed by atoms with Crippen LogP contribution in [0, 0.1) is 0 Å². The minimum Gasteiger partial charge on any atom is -0.480 e. The standard InChI is InChI=1S/C13H19BN4O7S/c15-11(19)5-17-26(24,25)18-6-10(13(16,7-18)12(20)21)8-2-1-3-9(4-8)14(22)23/h1-4,10,17,22-23H,5-7,16H2,(H2,15,19)(H,20,21). The van der Waals surface area contributed by atoms with Gasteiger partial charge in [-0.3, -0.25) is 9.59 Å². The summed E-state index contributed by atoms with van der Waals surface area (Å²) >= 11 is 0. The van der Waals surface area contributed by atoms with Gasteiger partial charge >= 0.3 is 13.1 Å². The van der Waals surface area contributed by atoms with Crippen LogP contribution in [-0.4, -0.2) is 72.0 Å². The van der Waals surface area contributed by atoms with E-state index in [9.17, 15) is 33.2 Å². The second-order valence-electron chi connectivity index (χ2n) is 6.03. The highest BCUT2D eigenvalue weighted by atomic mass is 32.2. The second-order valence-corrected chi connectivity index (χ2v) is 7.78. The lowest BCUT2D eigenvalue weighted by Crippen LogP contribution is -2.54. The highest BCUT2D eigenvalue weighted by Crippen LogP contribution is 2.35. The molecule has 1 aliphatic heterocycles. The van der Waals surface area contributed by atoms with E-state index in [1.54, 1.807) is 0 Å². The summed E-state index contributed by atoms with van der Waals surface area (Å²) in [7, 11) is -5.96. The van der Waals surface area contributed by atoms with Crippen molar-refractivity contribution < 1.29 is 33.2 Å². The largest absolute Gasteiger partial charge is 0.488 e. The molecule has 1 fully saturated rings. The molecule has 1 saturated heterocycles. The molecule has 0 spiro atoms. The topological polar surface area (TPSA) is 196 Å². The molecule has 13 heteroatoms. The van der Waals surface area contributed by atoms with Crippen molar-refractivity contribution in [1.82, 2.24) is 9.03 Å². The van der Waals surface area contributed by atoms with Crippen LogP contribution in [0.2, 0.25) is 0 Å². The van der Waals surface area contributed by atoms with Crippen molar-refractivity contribution >= 4 is 34.7 Å². The first-order valence-electron chi connectivity index (χ1n) is 7.48. The first-order valence-corrected chi connectivity index (χ1v) is 8.92. The fourth-order valence-corrected chi connectivity index (χ4v) is 4.06. The van der Waals surface area contributed by atoms with Crippen LogP contribution in [0.3, 0.4) is 0 Å². The molecular formula is C13H19BN4O7S. The van der Waals surface area contributed by atoms with Gasteiger partial charge in [-0.2, -0.15) is 17.4 Å². The minimum absolute atomic E-state index is 0.114. The van der Waals surface area contributed by atoms with Gasteiger partial charge in [-0.05, 0) is 11.0 Å². The number of benzene rings is 1. The van der Waals surface area contributed by atoms with Crippen molar-refractivity contribution in [2.24, 2.45) is 11.5 Å². The molecule has 2 rings (SSSR count). The summed E-state index contributed by atoms with van der Waals surface area (Å²) < 4.78 is 27.3. The smallest absolute Gasteiger partial charge is 0.480 e. The number of hydrogen-bond acceptors (Lipinski definition) is 7. The highest BCUT2D eigenvalue weighted by Gasteiger charge is 2.53. The Morgan fingerprint density at radius 3 is 2.58 bits per heavy atom. The lowest BCUT2D eigenvalue weighted by molar-refractivity contribution is -0.143. The number of nitrogens with zero attached hydrogens (tertiary/aromatic N) is 1. The number of nitrogens with two attached hydrogens (primary N) is 2. The highest BCUT2D eigenvalue weighted by molar-refractivity contribution is 7.87. The van der Waals surface area contributed by atoms with Gasteiger partial charge in [0, 0.05) is 19.0 Å². The zero-order valence-corrected chi connectivity index (χ0v) is 14.4. The Morgan fingerprint density at radius 1 is 1.38 bits per heavy atom. The number of carboxylic acids is 1. The SMILES string of the molecule is NC(=O)CNS(=O)(=O)N1CC(c2cccc(B(O)O)c2)C(N)(C(=O)O)C1. The van der Waals surface area contributed by atoms with Crippen molar-refractivity contribution in [2.75, 3.05) is 19.6 Å². The molecule has 0 bridgehead atoms. The van der Waals surface area contributed by atoms with E-state index in [2.05, 4.69) is 0 Å². The molecule has 2 atom stereocenters. The molecule has 1 heterocycles. The van der Waals surface area contributed by atoms with Crippen LogP contribution in [0.15, 0.2) is 24.3 Å². The minimum atomic E-state index is -4.19. The van der Waals surface area contributed by atoms with Crippen LogP contribution in [0.4, 0.5) is 0 Å². The van der Waals surface area contributed by atoms with Crippen molar-refractivity contribution in [3.63, 3.8) is 0 Å². The predicted molar refractivity (Wildman–Crippen MR) is 91.3 cm³/mol. The first kappa shape index (κ1) is 20.3. The lowest BCUT2D eigenvalue weighted by Gasteiger charge is -2.26. The average molecular weight is 386 g/mol. The molecule has 11 nitrogen and oxygen atoms in total. The van der Waals surface area contributed by atoms with Crippen LogP contribution in [0.5, 0.6) is 0 Å². The van der Waals surface area contributed by atoms with Crippen molar-refractivity contribution in [2.45, 2.75) is 11.5 Å². The van der Waals surface area contributed by atoms with Gasteiger partial charge in [-0.25, -0.2) is 0 Å². The van der Waals surface area contributed by atoms with Gasteiger partial charge in [-0.1, -0.05) is 24.3 Å². The normalized spacial score (nSPS) is 23.7.